The summed E-state index contributed by atoms with van der Waals surface area (Å²) in [7, 11) is 0. The molecule has 0 saturated carbocycles. The van der Waals surface area contributed by atoms with Gasteiger partial charge in [-0.2, -0.15) is 0 Å². The van der Waals surface area contributed by atoms with Gasteiger partial charge in [0.05, 0.1) is 0 Å². The van der Waals surface area contributed by atoms with Crippen LogP contribution in [0, 0.1) is 5.92 Å². The Morgan fingerprint density at radius 3 is 2.89 bits per heavy atom. The Balaban J connectivity index is 2.23. The number of allylic oxidation sites excluding steroid dienone is 3. The minimum absolute atomic E-state index is 0.00105. The van der Waals surface area contributed by atoms with Gasteiger partial charge in [-0.25, -0.2) is 8.78 Å². The zero-order chi connectivity index (χ0) is 14.0. The number of hydrogen-bond donors (Lipinski definition) is 0. The molecule has 1 aliphatic carbocycles. The highest BCUT2D eigenvalue weighted by Gasteiger charge is 2.30. The maximum absolute atomic E-state index is 14.0. The zero-order valence-electron chi connectivity index (χ0n) is 11.0. The number of carbonyl (C=O) groups is 1. The van der Waals surface area contributed by atoms with E-state index in [1.807, 2.05) is 13.0 Å². The van der Waals surface area contributed by atoms with E-state index in [4.69, 9.17) is 0 Å². The van der Waals surface area contributed by atoms with Crippen molar-refractivity contribution >= 4 is 28.5 Å². The summed E-state index contributed by atoms with van der Waals surface area (Å²) in [4.78, 5) is 13.6. The van der Waals surface area contributed by atoms with Crippen LogP contribution in [0.3, 0.4) is 0 Å². The van der Waals surface area contributed by atoms with Crippen LogP contribution in [-0.2, 0) is 4.79 Å². The van der Waals surface area contributed by atoms with E-state index < -0.39 is 11.7 Å². The molecule has 1 aliphatic heterocycles. The molecule has 0 aromatic heterocycles. The van der Waals surface area contributed by atoms with Gasteiger partial charge in [0, 0.05) is 35.8 Å². The Labute approximate surface area is 126 Å². The number of alkyl halides is 1. The third-order valence-corrected chi connectivity index (χ3v) is 4.58. The predicted molar refractivity (Wildman–Crippen MR) is 79.3 cm³/mol. The number of carbonyl (C=O) groups excluding carboxylic acids is 1. The quantitative estimate of drug-likeness (QED) is 0.525. The van der Waals surface area contributed by atoms with Crippen molar-refractivity contribution in [2.24, 2.45) is 5.92 Å². The first-order chi connectivity index (χ1) is 9.02. The average Bonchev–Trinajstić information content (AvgIpc) is 2.55. The van der Waals surface area contributed by atoms with Gasteiger partial charge in [0.1, 0.15) is 5.83 Å². The van der Waals surface area contributed by atoms with E-state index >= 15 is 0 Å². The van der Waals surface area contributed by atoms with Gasteiger partial charge in [0.25, 0.3) is 0 Å². The second-order valence-electron chi connectivity index (χ2n) is 5.08. The molecular weight excluding hydrogens is 363 g/mol. The smallest absolute Gasteiger partial charge is 0.222 e. The molecule has 0 radical (unpaired) electrons. The number of rotatable bonds is 2. The summed E-state index contributed by atoms with van der Waals surface area (Å²) in [6, 6.07) is 0. The van der Waals surface area contributed by atoms with Crippen molar-refractivity contribution in [2.75, 3.05) is 13.1 Å². The fourth-order valence-electron chi connectivity index (χ4n) is 2.74. The summed E-state index contributed by atoms with van der Waals surface area (Å²) in [6.07, 6.45) is 3.97. The minimum atomic E-state index is -0.691. The molecule has 0 N–H and O–H groups in total. The van der Waals surface area contributed by atoms with Crippen LogP contribution in [0.4, 0.5) is 8.78 Å². The molecule has 0 unspecified atom stereocenters. The molecule has 5 heteroatoms. The molecule has 2 nitrogen and oxygen atoms in total. The van der Waals surface area contributed by atoms with Crippen LogP contribution in [-0.4, -0.2) is 27.8 Å². The van der Waals surface area contributed by atoms with Crippen molar-refractivity contribution in [3.05, 3.63) is 23.3 Å². The first-order valence-corrected chi connectivity index (χ1v) is 7.95. The van der Waals surface area contributed by atoms with Crippen molar-refractivity contribution in [1.82, 2.24) is 4.90 Å². The minimum Gasteiger partial charge on any atom is -0.342 e. The van der Waals surface area contributed by atoms with Crippen molar-refractivity contribution in [1.29, 1.82) is 0 Å². The molecule has 1 fully saturated rings. The van der Waals surface area contributed by atoms with E-state index in [0.717, 1.165) is 12.8 Å². The lowest BCUT2D eigenvalue weighted by Crippen LogP contribution is -2.33. The number of likely N-dealkylation sites (tertiary alicyclic amines) is 1. The van der Waals surface area contributed by atoms with Crippen molar-refractivity contribution in [2.45, 2.75) is 36.5 Å². The molecule has 2 aliphatic rings. The van der Waals surface area contributed by atoms with E-state index in [1.54, 1.807) is 4.90 Å². The molecule has 1 saturated heterocycles. The fourth-order valence-corrected chi connectivity index (χ4v) is 3.51. The van der Waals surface area contributed by atoms with Crippen LogP contribution in [0.2, 0.25) is 0 Å². The summed E-state index contributed by atoms with van der Waals surface area (Å²) in [6.45, 7) is 3.05. The van der Waals surface area contributed by atoms with E-state index in [9.17, 15) is 13.6 Å². The van der Waals surface area contributed by atoms with Crippen LogP contribution in [0.15, 0.2) is 23.3 Å². The van der Waals surface area contributed by atoms with Gasteiger partial charge in [0.2, 0.25) is 5.91 Å². The molecule has 1 amide bonds. The van der Waals surface area contributed by atoms with Gasteiger partial charge in [-0.05, 0) is 25.3 Å². The highest BCUT2D eigenvalue weighted by molar-refractivity contribution is 14.1. The molecule has 2 atom stereocenters. The van der Waals surface area contributed by atoms with E-state index in [-0.39, 0.29) is 22.2 Å². The molecule has 0 aromatic rings. The number of amides is 1. The molecular formula is C14H18F2INO. The van der Waals surface area contributed by atoms with Crippen LogP contribution < -0.4 is 0 Å². The maximum Gasteiger partial charge on any atom is 0.222 e. The Morgan fingerprint density at radius 1 is 1.47 bits per heavy atom. The lowest BCUT2D eigenvalue weighted by Gasteiger charge is -2.27. The van der Waals surface area contributed by atoms with Crippen LogP contribution in [0.5, 0.6) is 0 Å². The monoisotopic (exact) mass is 381 g/mol. The third kappa shape index (κ3) is 3.35. The Hall–Kier alpha value is -0.460. The summed E-state index contributed by atoms with van der Waals surface area (Å²) >= 11 is 2.12. The zero-order valence-corrected chi connectivity index (χ0v) is 13.1. The number of halogens is 3. The molecule has 2 rings (SSSR count). The van der Waals surface area contributed by atoms with Crippen LogP contribution >= 0.6 is 22.6 Å². The first-order valence-electron chi connectivity index (χ1n) is 6.71. The lowest BCUT2D eigenvalue weighted by atomic mass is 9.89. The summed E-state index contributed by atoms with van der Waals surface area (Å²) in [5, 5.41) is 0. The van der Waals surface area contributed by atoms with Gasteiger partial charge in [-0.3, -0.25) is 4.79 Å². The van der Waals surface area contributed by atoms with E-state index in [2.05, 4.69) is 22.6 Å². The average molecular weight is 381 g/mol. The second kappa shape index (κ2) is 6.33. The summed E-state index contributed by atoms with van der Waals surface area (Å²) in [5.41, 5.74) is 0.469. The molecule has 0 spiro atoms. The maximum atomic E-state index is 14.0. The highest BCUT2D eigenvalue weighted by Crippen LogP contribution is 2.37. The van der Waals surface area contributed by atoms with Gasteiger partial charge in [-0.1, -0.05) is 28.7 Å². The summed E-state index contributed by atoms with van der Waals surface area (Å²) < 4.78 is 27.6. The Bertz CT molecular complexity index is 433. The molecule has 0 bridgehead atoms. The Morgan fingerprint density at radius 2 is 2.21 bits per heavy atom. The first kappa shape index (κ1) is 14.9. The number of nitrogens with zero attached hydrogens (tertiary/aromatic N) is 1. The largest absolute Gasteiger partial charge is 0.342 e. The van der Waals surface area contributed by atoms with Gasteiger partial charge >= 0.3 is 0 Å². The number of hydrogen-bond acceptors (Lipinski definition) is 1. The molecule has 19 heavy (non-hydrogen) atoms. The van der Waals surface area contributed by atoms with Crippen molar-refractivity contribution < 1.29 is 13.6 Å². The van der Waals surface area contributed by atoms with Gasteiger partial charge in [-0.15, -0.1) is 0 Å². The lowest BCUT2D eigenvalue weighted by molar-refractivity contribution is -0.130. The third-order valence-electron chi connectivity index (χ3n) is 3.78. The van der Waals surface area contributed by atoms with Crippen LogP contribution in [0.25, 0.3) is 0 Å². The SMILES string of the molecule is CCN1C[C@H](C2=C[C@@H](I)CC(F)=C2F)CCCC1=O. The predicted octanol–water partition coefficient (Wildman–Crippen LogP) is 3.92. The second-order valence-corrected chi connectivity index (χ2v) is 6.68. The molecule has 1 heterocycles. The standard InChI is InChI=1S/C14H18F2INO/c1-2-18-8-9(4-3-5-13(18)19)11-6-10(17)7-12(15)14(11)16/h6,9-10H,2-5,7-8H2,1H3/t9-,10-/m1/s1. The van der Waals surface area contributed by atoms with E-state index in [1.165, 1.54) is 0 Å². The van der Waals surface area contributed by atoms with Gasteiger partial charge in [0.15, 0.2) is 5.83 Å². The van der Waals surface area contributed by atoms with Crippen molar-refractivity contribution in [3.63, 3.8) is 0 Å². The fraction of sp³-hybridized carbons (Fsp3) is 0.643. The Kier molecular flexibility index (Phi) is 4.97. The normalized spacial score (nSPS) is 29.4. The topological polar surface area (TPSA) is 20.3 Å². The van der Waals surface area contributed by atoms with Crippen LogP contribution in [0.1, 0.15) is 32.6 Å². The van der Waals surface area contributed by atoms with E-state index in [0.29, 0.717) is 25.1 Å². The molecule has 0 aromatic carbocycles. The highest BCUT2D eigenvalue weighted by atomic mass is 127. The van der Waals surface area contributed by atoms with Gasteiger partial charge < -0.3 is 4.90 Å². The van der Waals surface area contributed by atoms with Crippen molar-refractivity contribution in [3.8, 4) is 0 Å². The summed E-state index contributed by atoms with van der Waals surface area (Å²) in [5.74, 6) is -1.29. The molecule has 106 valence electrons.